The van der Waals surface area contributed by atoms with E-state index in [1.54, 1.807) is 0 Å². The van der Waals surface area contributed by atoms with Gasteiger partial charge in [-0.25, -0.2) is 0 Å². The lowest BCUT2D eigenvalue weighted by Gasteiger charge is -2.13. The second kappa shape index (κ2) is 4.68. The molecule has 2 rings (SSSR count). The fourth-order valence-electron chi connectivity index (χ4n) is 1.35. The maximum Gasteiger partial charge on any atom is 0.134 e. The van der Waals surface area contributed by atoms with Crippen LogP contribution in [0.5, 0.6) is 5.75 Å². The highest BCUT2D eigenvalue weighted by molar-refractivity contribution is 14.1. The van der Waals surface area contributed by atoms with Crippen LogP contribution in [0.3, 0.4) is 0 Å². The minimum absolute atomic E-state index is 0.182. The molecule has 0 bridgehead atoms. The normalized spacial score (nSPS) is 21.1. The number of hydrogen-bond acceptors (Lipinski definition) is 2. The van der Waals surface area contributed by atoms with E-state index in [2.05, 4.69) is 22.6 Å². The number of hydrogen-bond donors (Lipinski definition) is 0. The van der Waals surface area contributed by atoms with Gasteiger partial charge in [-0.15, -0.1) is 0 Å². The van der Waals surface area contributed by atoms with Gasteiger partial charge >= 0.3 is 0 Å². The van der Waals surface area contributed by atoms with Gasteiger partial charge in [0, 0.05) is 11.4 Å². The zero-order valence-corrected chi connectivity index (χ0v) is 10.4. The van der Waals surface area contributed by atoms with Gasteiger partial charge in [0.25, 0.3) is 0 Å². The standard InChI is InChI=1S/C10H10ClIO2/c11-7-1-2-9(12)10(5-7)14-8-3-4-13-6-8/h1-2,5,8H,3-4,6H2. The molecule has 0 radical (unpaired) electrons. The lowest BCUT2D eigenvalue weighted by molar-refractivity contribution is 0.141. The molecule has 1 heterocycles. The molecular weight excluding hydrogens is 314 g/mol. The minimum Gasteiger partial charge on any atom is -0.487 e. The molecule has 0 spiro atoms. The summed E-state index contributed by atoms with van der Waals surface area (Å²) in [5.41, 5.74) is 0. The maximum atomic E-state index is 5.89. The van der Waals surface area contributed by atoms with Gasteiger partial charge < -0.3 is 9.47 Å². The SMILES string of the molecule is Clc1ccc(I)c(OC2CCOC2)c1. The van der Waals surface area contributed by atoms with Crippen molar-refractivity contribution in [2.24, 2.45) is 0 Å². The molecule has 1 aromatic rings. The summed E-state index contributed by atoms with van der Waals surface area (Å²) in [6.45, 7) is 1.48. The lowest BCUT2D eigenvalue weighted by atomic mass is 10.3. The van der Waals surface area contributed by atoms with Crippen molar-refractivity contribution in [3.05, 3.63) is 26.8 Å². The summed E-state index contributed by atoms with van der Waals surface area (Å²) in [4.78, 5) is 0. The van der Waals surface area contributed by atoms with Gasteiger partial charge in [0.2, 0.25) is 0 Å². The molecule has 1 saturated heterocycles. The van der Waals surface area contributed by atoms with E-state index >= 15 is 0 Å². The summed E-state index contributed by atoms with van der Waals surface area (Å²) < 4.78 is 12.1. The van der Waals surface area contributed by atoms with Gasteiger partial charge in [-0.3, -0.25) is 0 Å². The summed E-state index contributed by atoms with van der Waals surface area (Å²) in [5, 5.41) is 0.708. The molecular formula is C10H10ClIO2. The van der Waals surface area contributed by atoms with E-state index < -0.39 is 0 Å². The molecule has 4 heteroatoms. The zero-order valence-electron chi connectivity index (χ0n) is 7.50. The molecule has 0 N–H and O–H groups in total. The van der Waals surface area contributed by atoms with E-state index in [1.807, 2.05) is 18.2 Å². The van der Waals surface area contributed by atoms with Crippen LogP contribution in [0.1, 0.15) is 6.42 Å². The fraction of sp³-hybridized carbons (Fsp3) is 0.400. The van der Waals surface area contributed by atoms with Crippen LogP contribution in [0.15, 0.2) is 18.2 Å². The Labute approximate surface area is 102 Å². The molecule has 0 saturated carbocycles. The molecule has 0 aromatic heterocycles. The van der Waals surface area contributed by atoms with Crippen LogP contribution in [0.4, 0.5) is 0 Å². The summed E-state index contributed by atoms with van der Waals surface area (Å²) in [6.07, 6.45) is 1.14. The third kappa shape index (κ3) is 2.52. The molecule has 0 amide bonds. The lowest BCUT2D eigenvalue weighted by Crippen LogP contribution is -2.16. The molecule has 0 aliphatic carbocycles. The summed E-state index contributed by atoms with van der Waals surface area (Å²) in [6, 6.07) is 5.66. The topological polar surface area (TPSA) is 18.5 Å². The minimum atomic E-state index is 0.182. The van der Waals surface area contributed by atoms with Crippen molar-refractivity contribution in [3.8, 4) is 5.75 Å². The largest absolute Gasteiger partial charge is 0.487 e. The number of rotatable bonds is 2. The van der Waals surface area contributed by atoms with E-state index in [0.717, 1.165) is 22.3 Å². The summed E-state index contributed by atoms with van der Waals surface area (Å²) >= 11 is 8.13. The van der Waals surface area contributed by atoms with Crippen LogP contribution in [-0.2, 0) is 4.74 Å². The Balaban J connectivity index is 2.10. The molecule has 1 aliphatic heterocycles. The predicted octanol–water partition coefficient (Wildman–Crippen LogP) is 3.11. The summed E-state index contributed by atoms with van der Waals surface area (Å²) in [7, 11) is 0. The average molecular weight is 325 g/mol. The smallest absolute Gasteiger partial charge is 0.134 e. The molecule has 1 aliphatic rings. The molecule has 76 valence electrons. The van der Waals surface area contributed by atoms with Gasteiger partial charge in [-0.2, -0.15) is 0 Å². The third-order valence-corrected chi connectivity index (χ3v) is 3.20. The van der Waals surface area contributed by atoms with E-state index in [-0.39, 0.29) is 6.10 Å². The Hall–Kier alpha value is -0.0000000000000000833. The molecule has 1 aromatic carbocycles. The van der Waals surface area contributed by atoms with Crippen molar-refractivity contribution >= 4 is 34.2 Å². The fourth-order valence-corrected chi connectivity index (χ4v) is 1.98. The number of benzene rings is 1. The monoisotopic (exact) mass is 324 g/mol. The average Bonchev–Trinajstić information content (AvgIpc) is 2.64. The van der Waals surface area contributed by atoms with E-state index in [1.165, 1.54) is 0 Å². The molecule has 1 unspecified atom stereocenters. The van der Waals surface area contributed by atoms with E-state index in [4.69, 9.17) is 21.1 Å². The second-order valence-electron chi connectivity index (χ2n) is 3.18. The maximum absolute atomic E-state index is 5.89. The highest BCUT2D eigenvalue weighted by Gasteiger charge is 2.18. The predicted molar refractivity (Wildman–Crippen MR) is 64.0 cm³/mol. The molecule has 2 nitrogen and oxygen atoms in total. The van der Waals surface area contributed by atoms with Crippen LogP contribution >= 0.6 is 34.2 Å². The van der Waals surface area contributed by atoms with Crippen LogP contribution in [0.25, 0.3) is 0 Å². The van der Waals surface area contributed by atoms with Gasteiger partial charge in [-0.05, 0) is 40.8 Å². The first-order valence-corrected chi connectivity index (χ1v) is 5.91. The zero-order chi connectivity index (χ0) is 9.97. The van der Waals surface area contributed by atoms with Crippen molar-refractivity contribution in [1.82, 2.24) is 0 Å². The third-order valence-electron chi connectivity index (χ3n) is 2.07. The quantitative estimate of drug-likeness (QED) is 0.778. The van der Waals surface area contributed by atoms with E-state index in [0.29, 0.717) is 11.6 Å². The Morgan fingerprint density at radius 3 is 3.07 bits per heavy atom. The van der Waals surface area contributed by atoms with Crippen molar-refractivity contribution in [2.45, 2.75) is 12.5 Å². The van der Waals surface area contributed by atoms with Crippen molar-refractivity contribution < 1.29 is 9.47 Å². The molecule has 14 heavy (non-hydrogen) atoms. The Morgan fingerprint density at radius 2 is 2.36 bits per heavy atom. The summed E-state index contributed by atoms with van der Waals surface area (Å²) in [5.74, 6) is 0.855. The molecule has 1 fully saturated rings. The van der Waals surface area contributed by atoms with Crippen LogP contribution < -0.4 is 4.74 Å². The first-order chi connectivity index (χ1) is 6.75. The highest BCUT2D eigenvalue weighted by atomic mass is 127. The second-order valence-corrected chi connectivity index (χ2v) is 4.78. The van der Waals surface area contributed by atoms with Crippen molar-refractivity contribution in [2.75, 3.05) is 13.2 Å². The van der Waals surface area contributed by atoms with Crippen LogP contribution in [0, 0.1) is 3.57 Å². The van der Waals surface area contributed by atoms with Crippen molar-refractivity contribution in [1.29, 1.82) is 0 Å². The Kier molecular flexibility index (Phi) is 3.52. The first kappa shape index (κ1) is 10.5. The van der Waals surface area contributed by atoms with Crippen molar-refractivity contribution in [3.63, 3.8) is 0 Å². The Bertz CT molecular complexity index is 324. The number of halogens is 2. The number of ether oxygens (including phenoxy) is 2. The van der Waals surface area contributed by atoms with Gasteiger partial charge in [0.1, 0.15) is 11.9 Å². The van der Waals surface area contributed by atoms with E-state index in [9.17, 15) is 0 Å². The van der Waals surface area contributed by atoms with Gasteiger partial charge in [0.15, 0.2) is 0 Å². The first-order valence-electron chi connectivity index (χ1n) is 4.45. The van der Waals surface area contributed by atoms with Gasteiger partial charge in [0.05, 0.1) is 16.8 Å². The van der Waals surface area contributed by atoms with Gasteiger partial charge in [-0.1, -0.05) is 11.6 Å². The molecule has 1 atom stereocenters. The van der Waals surface area contributed by atoms with Crippen LogP contribution in [-0.4, -0.2) is 19.3 Å². The highest BCUT2D eigenvalue weighted by Crippen LogP contribution is 2.26. The van der Waals surface area contributed by atoms with Crippen LogP contribution in [0.2, 0.25) is 5.02 Å². The Morgan fingerprint density at radius 1 is 1.50 bits per heavy atom.